The van der Waals surface area contributed by atoms with Crippen molar-refractivity contribution >= 4 is 17.4 Å². The molecule has 3 nitrogen and oxygen atoms in total. The Hall–Kier alpha value is -1.03. The molecule has 2 aliphatic rings. The molecule has 0 radical (unpaired) electrons. The standard InChI is InChI=1S/C16H23NO2S/c1-16(2,3)19-15(18)17(4)11-7-12-13(10-5-6-10)9-20-14(12)8-11/h9-11H,5-8H2,1-4H3. The topological polar surface area (TPSA) is 29.5 Å². The molecular weight excluding hydrogens is 270 g/mol. The summed E-state index contributed by atoms with van der Waals surface area (Å²) in [6.45, 7) is 5.74. The Kier molecular flexibility index (Phi) is 3.32. The van der Waals surface area contributed by atoms with Gasteiger partial charge in [0.2, 0.25) is 0 Å². The Bertz CT molecular complexity index is 525. The van der Waals surface area contributed by atoms with Crippen LogP contribution in [0.25, 0.3) is 0 Å². The number of fused-ring (bicyclic) bond motifs is 1. The fourth-order valence-corrected chi connectivity index (χ4v) is 4.09. The van der Waals surface area contributed by atoms with Crippen molar-refractivity contribution in [2.75, 3.05) is 7.05 Å². The molecule has 1 aromatic rings. The molecule has 0 aromatic carbocycles. The maximum Gasteiger partial charge on any atom is 0.410 e. The summed E-state index contributed by atoms with van der Waals surface area (Å²) in [4.78, 5) is 15.4. The minimum Gasteiger partial charge on any atom is -0.444 e. The second-order valence-electron chi connectivity index (χ2n) is 7.02. The van der Waals surface area contributed by atoms with E-state index < -0.39 is 5.60 Å². The van der Waals surface area contributed by atoms with Crippen LogP contribution in [0.4, 0.5) is 4.79 Å². The highest BCUT2D eigenvalue weighted by Gasteiger charge is 2.36. The van der Waals surface area contributed by atoms with Gasteiger partial charge in [0.15, 0.2) is 0 Å². The second kappa shape index (κ2) is 4.76. The molecule has 0 bridgehead atoms. The molecule has 1 aromatic heterocycles. The van der Waals surface area contributed by atoms with Gasteiger partial charge < -0.3 is 9.64 Å². The molecule has 0 spiro atoms. The SMILES string of the molecule is CN(C(=O)OC(C)(C)C)C1Cc2scc(C3CC3)c2C1. The van der Waals surface area contributed by atoms with Gasteiger partial charge in [0.1, 0.15) is 5.60 Å². The van der Waals surface area contributed by atoms with E-state index in [-0.39, 0.29) is 12.1 Å². The summed E-state index contributed by atoms with van der Waals surface area (Å²) < 4.78 is 5.47. The summed E-state index contributed by atoms with van der Waals surface area (Å²) in [5.41, 5.74) is 2.66. The van der Waals surface area contributed by atoms with E-state index in [9.17, 15) is 4.79 Å². The Balaban J connectivity index is 1.67. The lowest BCUT2D eigenvalue weighted by Crippen LogP contribution is -2.41. The van der Waals surface area contributed by atoms with Crippen LogP contribution in [-0.2, 0) is 17.6 Å². The average Bonchev–Trinajstić information content (AvgIpc) is 2.96. The van der Waals surface area contributed by atoms with Crippen molar-refractivity contribution in [3.63, 3.8) is 0 Å². The number of rotatable bonds is 2. The van der Waals surface area contributed by atoms with Gasteiger partial charge >= 0.3 is 6.09 Å². The van der Waals surface area contributed by atoms with Crippen molar-refractivity contribution in [1.82, 2.24) is 4.90 Å². The van der Waals surface area contributed by atoms with E-state index in [1.807, 2.05) is 39.2 Å². The largest absolute Gasteiger partial charge is 0.444 e. The first-order valence-corrected chi connectivity index (χ1v) is 8.28. The second-order valence-corrected chi connectivity index (χ2v) is 7.98. The highest BCUT2D eigenvalue weighted by Crippen LogP contribution is 2.46. The molecule has 20 heavy (non-hydrogen) atoms. The van der Waals surface area contributed by atoms with Gasteiger partial charge in [-0.25, -0.2) is 4.79 Å². The van der Waals surface area contributed by atoms with E-state index >= 15 is 0 Å². The summed E-state index contributed by atoms with van der Waals surface area (Å²) in [6, 6.07) is 0.268. The van der Waals surface area contributed by atoms with Gasteiger partial charge in [0.25, 0.3) is 0 Å². The number of carbonyl (C=O) groups excluding carboxylic acids is 1. The fourth-order valence-electron chi connectivity index (χ4n) is 2.86. The third-order valence-electron chi connectivity index (χ3n) is 4.12. The number of ether oxygens (including phenoxy) is 1. The van der Waals surface area contributed by atoms with Crippen molar-refractivity contribution in [3.8, 4) is 0 Å². The van der Waals surface area contributed by atoms with Crippen LogP contribution < -0.4 is 0 Å². The molecule has 1 heterocycles. The predicted molar refractivity (Wildman–Crippen MR) is 81.5 cm³/mol. The van der Waals surface area contributed by atoms with Crippen LogP contribution in [0.2, 0.25) is 0 Å². The van der Waals surface area contributed by atoms with E-state index in [0.717, 1.165) is 18.8 Å². The number of amides is 1. The molecule has 1 unspecified atom stereocenters. The van der Waals surface area contributed by atoms with Crippen LogP contribution in [0.5, 0.6) is 0 Å². The summed E-state index contributed by atoms with van der Waals surface area (Å²) >= 11 is 1.87. The molecule has 0 aliphatic heterocycles. The third-order valence-corrected chi connectivity index (χ3v) is 5.19. The molecule has 4 heteroatoms. The number of thiophene rings is 1. The van der Waals surface area contributed by atoms with Crippen molar-refractivity contribution in [1.29, 1.82) is 0 Å². The highest BCUT2D eigenvalue weighted by atomic mass is 32.1. The monoisotopic (exact) mass is 293 g/mol. The number of nitrogens with zero attached hydrogens (tertiary/aromatic N) is 1. The van der Waals surface area contributed by atoms with Crippen molar-refractivity contribution in [2.24, 2.45) is 0 Å². The normalized spacial score (nSPS) is 21.7. The van der Waals surface area contributed by atoms with E-state index in [4.69, 9.17) is 4.74 Å². The molecule has 1 atom stereocenters. The fraction of sp³-hybridized carbons (Fsp3) is 0.688. The lowest BCUT2D eigenvalue weighted by atomic mass is 10.1. The molecule has 1 saturated carbocycles. The zero-order valence-corrected chi connectivity index (χ0v) is 13.5. The maximum atomic E-state index is 12.2. The number of carbonyl (C=O) groups is 1. The van der Waals surface area contributed by atoms with Gasteiger partial charge in [-0.3, -0.25) is 0 Å². The number of likely N-dealkylation sites (N-methyl/N-ethyl adjacent to an activating group) is 1. The average molecular weight is 293 g/mol. The smallest absolute Gasteiger partial charge is 0.410 e. The minimum absolute atomic E-state index is 0.203. The number of hydrogen-bond acceptors (Lipinski definition) is 3. The third kappa shape index (κ3) is 2.71. The van der Waals surface area contributed by atoms with Gasteiger partial charge in [-0.05, 0) is 62.5 Å². The minimum atomic E-state index is -0.423. The van der Waals surface area contributed by atoms with Gasteiger partial charge in [0.05, 0.1) is 0 Å². The first-order chi connectivity index (χ1) is 9.35. The van der Waals surface area contributed by atoms with Crippen LogP contribution in [0.3, 0.4) is 0 Å². The summed E-state index contributed by atoms with van der Waals surface area (Å²) in [5.74, 6) is 0.806. The lowest BCUT2D eigenvalue weighted by molar-refractivity contribution is 0.0230. The zero-order valence-electron chi connectivity index (χ0n) is 12.7. The summed E-state index contributed by atoms with van der Waals surface area (Å²) in [5, 5.41) is 2.34. The van der Waals surface area contributed by atoms with Gasteiger partial charge in [-0.1, -0.05) is 0 Å². The van der Waals surface area contributed by atoms with Crippen molar-refractivity contribution in [2.45, 2.75) is 64.0 Å². The summed E-state index contributed by atoms with van der Waals surface area (Å²) in [7, 11) is 1.87. The Morgan fingerprint density at radius 1 is 1.35 bits per heavy atom. The summed E-state index contributed by atoms with van der Waals surface area (Å²) in [6.07, 6.45) is 4.47. The zero-order chi connectivity index (χ0) is 14.5. The van der Waals surface area contributed by atoms with Crippen LogP contribution in [0, 0.1) is 0 Å². The Morgan fingerprint density at radius 3 is 2.65 bits per heavy atom. The van der Waals surface area contributed by atoms with Gasteiger partial charge in [-0.2, -0.15) is 0 Å². The quantitative estimate of drug-likeness (QED) is 0.826. The molecule has 3 rings (SSSR count). The Morgan fingerprint density at radius 2 is 2.05 bits per heavy atom. The van der Waals surface area contributed by atoms with Gasteiger partial charge in [0, 0.05) is 24.4 Å². The molecule has 0 N–H and O–H groups in total. The number of hydrogen-bond donors (Lipinski definition) is 0. The first-order valence-electron chi connectivity index (χ1n) is 7.40. The lowest BCUT2D eigenvalue weighted by Gasteiger charge is -2.28. The Labute approximate surface area is 124 Å². The van der Waals surface area contributed by atoms with Crippen LogP contribution in [-0.4, -0.2) is 29.7 Å². The molecule has 0 saturated heterocycles. The van der Waals surface area contributed by atoms with Crippen LogP contribution in [0.15, 0.2) is 5.38 Å². The van der Waals surface area contributed by atoms with Crippen molar-refractivity contribution in [3.05, 3.63) is 21.4 Å². The molecule has 2 aliphatic carbocycles. The first kappa shape index (κ1) is 13.9. The molecular formula is C16H23NO2S. The van der Waals surface area contributed by atoms with E-state index in [1.54, 1.807) is 10.5 Å². The predicted octanol–water partition coefficient (Wildman–Crippen LogP) is 3.96. The van der Waals surface area contributed by atoms with Crippen molar-refractivity contribution < 1.29 is 9.53 Å². The molecule has 1 amide bonds. The van der Waals surface area contributed by atoms with E-state index in [0.29, 0.717) is 0 Å². The molecule has 1 fully saturated rings. The van der Waals surface area contributed by atoms with Crippen LogP contribution in [0.1, 0.15) is 55.5 Å². The maximum absolute atomic E-state index is 12.2. The highest BCUT2D eigenvalue weighted by molar-refractivity contribution is 7.10. The van der Waals surface area contributed by atoms with E-state index in [2.05, 4.69) is 5.38 Å². The van der Waals surface area contributed by atoms with Gasteiger partial charge in [-0.15, -0.1) is 11.3 Å². The molecule has 110 valence electrons. The van der Waals surface area contributed by atoms with Crippen LogP contribution >= 0.6 is 11.3 Å². The van der Waals surface area contributed by atoms with E-state index in [1.165, 1.54) is 23.3 Å².